The number of halogens is 3. The van der Waals surface area contributed by atoms with Crippen LogP contribution in [0, 0.1) is 0 Å². The maximum absolute atomic E-state index is 12.0. The Hall–Kier alpha value is -1.38. The summed E-state index contributed by atoms with van der Waals surface area (Å²) in [7, 11) is 1.53. The highest BCUT2D eigenvalue weighted by atomic mass is 79.9. The number of amides is 1. The number of ether oxygens (including phenoxy) is 2. The van der Waals surface area contributed by atoms with E-state index < -0.39 is 0 Å². The summed E-state index contributed by atoms with van der Waals surface area (Å²) in [5.41, 5.74) is 4.10. The van der Waals surface area contributed by atoms with Crippen molar-refractivity contribution in [2.75, 3.05) is 13.7 Å². The van der Waals surface area contributed by atoms with E-state index in [9.17, 15) is 4.79 Å². The Kier molecular flexibility index (Phi) is 7.46. The highest BCUT2D eigenvalue weighted by Gasteiger charge is 2.13. The van der Waals surface area contributed by atoms with Gasteiger partial charge in [-0.3, -0.25) is 4.79 Å². The Balaban J connectivity index is 1.97. The summed E-state index contributed by atoms with van der Waals surface area (Å²) in [6, 6.07) is 11.2. The Morgan fingerprint density at radius 1 is 1.12 bits per heavy atom. The molecule has 0 aliphatic rings. The molecule has 0 saturated carbocycles. The van der Waals surface area contributed by atoms with Crippen LogP contribution in [-0.2, 0) is 4.79 Å². The van der Waals surface area contributed by atoms with Crippen molar-refractivity contribution in [3.05, 3.63) is 55.4 Å². The minimum Gasteiger partial charge on any atom is -0.493 e. The molecule has 0 aliphatic heterocycles. The molecule has 0 radical (unpaired) electrons. The summed E-state index contributed by atoms with van der Waals surface area (Å²) in [6.07, 6.45) is 0. The van der Waals surface area contributed by atoms with Gasteiger partial charge < -0.3 is 9.47 Å². The predicted molar refractivity (Wildman–Crippen MR) is 108 cm³/mol. The van der Waals surface area contributed by atoms with E-state index in [1.54, 1.807) is 6.07 Å². The monoisotopic (exact) mass is 532 g/mol. The SMILES string of the molecule is COc1cc(Br)cc(Br)c1OCC(=O)N/N=C(/C)c1ccc(Br)cc1. The van der Waals surface area contributed by atoms with Gasteiger partial charge in [0.2, 0.25) is 0 Å². The minimum atomic E-state index is -0.367. The summed E-state index contributed by atoms with van der Waals surface area (Å²) in [6.45, 7) is 1.63. The van der Waals surface area contributed by atoms with Gasteiger partial charge in [0.25, 0.3) is 5.91 Å². The van der Waals surface area contributed by atoms with E-state index in [4.69, 9.17) is 9.47 Å². The van der Waals surface area contributed by atoms with Crippen LogP contribution in [0.2, 0.25) is 0 Å². The van der Waals surface area contributed by atoms with Crippen LogP contribution in [0.3, 0.4) is 0 Å². The minimum absolute atomic E-state index is 0.187. The molecule has 25 heavy (non-hydrogen) atoms. The number of nitrogens with zero attached hydrogens (tertiary/aromatic N) is 1. The second-order valence-electron chi connectivity index (χ2n) is 4.95. The molecule has 0 bridgehead atoms. The first kappa shape index (κ1) is 19.9. The fourth-order valence-electron chi connectivity index (χ4n) is 1.90. The second kappa shape index (κ2) is 9.35. The zero-order chi connectivity index (χ0) is 18.4. The van der Waals surface area contributed by atoms with Gasteiger partial charge in [0, 0.05) is 8.95 Å². The predicted octanol–water partition coefficient (Wildman–Crippen LogP) is 4.90. The zero-order valence-corrected chi connectivity index (χ0v) is 18.2. The lowest BCUT2D eigenvalue weighted by atomic mass is 10.1. The van der Waals surface area contributed by atoms with Crippen LogP contribution in [0.4, 0.5) is 0 Å². The molecule has 0 unspecified atom stereocenters. The van der Waals surface area contributed by atoms with E-state index >= 15 is 0 Å². The van der Waals surface area contributed by atoms with Crippen LogP contribution in [0.1, 0.15) is 12.5 Å². The van der Waals surface area contributed by atoms with Crippen molar-refractivity contribution in [1.29, 1.82) is 0 Å². The van der Waals surface area contributed by atoms with E-state index in [1.807, 2.05) is 37.3 Å². The molecule has 0 atom stereocenters. The largest absolute Gasteiger partial charge is 0.493 e. The van der Waals surface area contributed by atoms with Gasteiger partial charge >= 0.3 is 0 Å². The van der Waals surface area contributed by atoms with Crippen LogP contribution in [0.25, 0.3) is 0 Å². The third-order valence-corrected chi connectivity index (χ3v) is 4.73. The summed E-state index contributed by atoms with van der Waals surface area (Å²) in [4.78, 5) is 12.0. The number of carbonyl (C=O) groups is 1. The molecule has 2 aromatic rings. The Labute approximate surface area is 171 Å². The zero-order valence-electron chi connectivity index (χ0n) is 13.5. The van der Waals surface area contributed by atoms with Gasteiger partial charge in [-0.2, -0.15) is 5.10 Å². The van der Waals surface area contributed by atoms with Crippen molar-refractivity contribution in [2.45, 2.75) is 6.92 Å². The smallest absolute Gasteiger partial charge is 0.277 e. The molecule has 8 heteroatoms. The summed E-state index contributed by atoms with van der Waals surface area (Å²) >= 11 is 10.1. The Morgan fingerprint density at radius 3 is 2.44 bits per heavy atom. The standard InChI is InChI=1S/C17H15Br3N2O3/c1-10(11-3-5-12(18)6-4-11)21-22-16(23)9-25-17-14(20)7-13(19)8-15(17)24-2/h3-8H,9H2,1-2H3,(H,22,23)/b21-10-. The highest BCUT2D eigenvalue weighted by molar-refractivity contribution is 9.11. The highest BCUT2D eigenvalue weighted by Crippen LogP contribution is 2.38. The van der Waals surface area contributed by atoms with Crippen molar-refractivity contribution in [2.24, 2.45) is 5.10 Å². The maximum Gasteiger partial charge on any atom is 0.277 e. The first-order valence-corrected chi connectivity index (χ1v) is 9.53. The molecule has 0 aliphatic carbocycles. The molecule has 0 heterocycles. The summed E-state index contributed by atoms with van der Waals surface area (Å²) < 4.78 is 13.3. The number of methoxy groups -OCH3 is 1. The van der Waals surface area contributed by atoms with Gasteiger partial charge in [0.1, 0.15) is 0 Å². The third-order valence-electron chi connectivity index (χ3n) is 3.15. The molecule has 1 N–H and O–H groups in total. The Morgan fingerprint density at radius 2 is 1.80 bits per heavy atom. The quantitative estimate of drug-likeness (QED) is 0.423. The average Bonchev–Trinajstić information content (AvgIpc) is 2.58. The first-order chi connectivity index (χ1) is 11.9. The first-order valence-electron chi connectivity index (χ1n) is 7.15. The van der Waals surface area contributed by atoms with Crippen molar-refractivity contribution in [1.82, 2.24) is 5.43 Å². The van der Waals surface area contributed by atoms with Crippen LogP contribution >= 0.6 is 47.8 Å². The average molecular weight is 535 g/mol. The van der Waals surface area contributed by atoms with Gasteiger partial charge in [-0.05, 0) is 52.7 Å². The number of hydrogen-bond acceptors (Lipinski definition) is 4. The van der Waals surface area contributed by atoms with E-state index in [0.29, 0.717) is 21.7 Å². The molecule has 5 nitrogen and oxygen atoms in total. The molecular weight excluding hydrogens is 520 g/mol. The molecule has 0 aromatic heterocycles. The summed E-state index contributed by atoms with van der Waals surface area (Å²) in [5, 5.41) is 4.09. The van der Waals surface area contributed by atoms with E-state index in [-0.39, 0.29) is 12.5 Å². The Bertz CT molecular complexity index is 792. The lowest BCUT2D eigenvalue weighted by molar-refractivity contribution is -0.123. The van der Waals surface area contributed by atoms with Crippen LogP contribution < -0.4 is 14.9 Å². The van der Waals surface area contributed by atoms with E-state index in [1.165, 1.54) is 7.11 Å². The molecule has 2 aromatic carbocycles. The lowest BCUT2D eigenvalue weighted by Gasteiger charge is -2.12. The molecular formula is C17H15Br3N2O3. The molecule has 0 spiro atoms. The second-order valence-corrected chi connectivity index (χ2v) is 7.63. The normalized spacial score (nSPS) is 11.2. The number of rotatable bonds is 6. The lowest BCUT2D eigenvalue weighted by Crippen LogP contribution is -2.25. The van der Waals surface area contributed by atoms with Gasteiger partial charge in [-0.25, -0.2) is 5.43 Å². The van der Waals surface area contributed by atoms with Crippen LogP contribution in [0.5, 0.6) is 11.5 Å². The van der Waals surface area contributed by atoms with Crippen molar-refractivity contribution in [3.8, 4) is 11.5 Å². The number of carbonyl (C=O) groups excluding carboxylic acids is 1. The maximum atomic E-state index is 12.0. The van der Waals surface area contributed by atoms with Gasteiger partial charge in [-0.1, -0.05) is 44.0 Å². The van der Waals surface area contributed by atoms with E-state index in [2.05, 4.69) is 58.3 Å². The number of benzene rings is 2. The fraction of sp³-hybridized carbons (Fsp3) is 0.176. The molecule has 132 valence electrons. The van der Waals surface area contributed by atoms with Crippen molar-refractivity contribution < 1.29 is 14.3 Å². The molecule has 1 amide bonds. The number of hydrogen-bond donors (Lipinski definition) is 1. The third kappa shape index (κ3) is 5.83. The van der Waals surface area contributed by atoms with Crippen molar-refractivity contribution >= 4 is 59.4 Å². The van der Waals surface area contributed by atoms with Crippen LogP contribution in [-0.4, -0.2) is 25.3 Å². The molecule has 0 fully saturated rings. The number of nitrogens with one attached hydrogen (secondary N) is 1. The van der Waals surface area contributed by atoms with Gasteiger partial charge in [0.05, 0.1) is 17.3 Å². The molecule has 2 rings (SSSR count). The fourth-order valence-corrected chi connectivity index (χ4v) is 3.47. The number of hydrazone groups is 1. The topological polar surface area (TPSA) is 59.9 Å². The van der Waals surface area contributed by atoms with Crippen molar-refractivity contribution in [3.63, 3.8) is 0 Å². The van der Waals surface area contributed by atoms with E-state index in [0.717, 1.165) is 14.5 Å². The summed E-state index contributed by atoms with van der Waals surface area (Å²) in [5.74, 6) is 0.603. The van der Waals surface area contributed by atoms with Gasteiger partial charge in [-0.15, -0.1) is 0 Å². The molecule has 0 saturated heterocycles. The van der Waals surface area contributed by atoms with Crippen LogP contribution in [0.15, 0.2) is 54.9 Å². The van der Waals surface area contributed by atoms with Gasteiger partial charge in [0.15, 0.2) is 18.1 Å².